The highest BCUT2D eigenvalue weighted by atomic mass is 19.1. The Hall–Kier alpha value is -3.60. The molecule has 1 unspecified atom stereocenters. The zero-order chi connectivity index (χ0) is 19.6. The fourth-order valence-corrected chi connectivity index (χ4v) is 3.93. The molecule has 0 spiro atoms. The number of fused-ring (bicyclic) bond motifs is 3. The summed E-state index contributed by atoms with van der Waals surface area (Å²) in [5, 5.41) is 3.25. The largest absolute Gasteiger partial charge is 0.349 e. The molecule has 2 aromatic carbocycles. The molecular formula is C24H19FN4. The molecule has 4 nitrogen and oxygen atoms in total. The van der Waals surface area contributed by atoms with Gasteiger partial charge in [-0.15, -0.1) is 0 Å². The third-order valence-electron chi connectivity index (χ3n) is 5.31. The van der Waals surface area contributed by atoms with Gasteiger partial charge in [0.1, 0.15) is 5.82 Å². The van der Waals surface area contributed by atoms with E-state index in [9.17, 15) is 4.39 Å². The van der Waals surface area contributed by atoms with Crippen molar-refractivity contribution in [2.24, 2.45) is 0 Å². The van der Waals surface area contributed by atoms with E-state index in [1.165, 1.54) is 6.07 Å². The molecule has 2 heterocycles. The van der Waals surface area contributed by atoms with E-state index in [-0.39, 0.29) is 11.7 Å². The fourth-order valence-electron chi connectivity index (χ4n) is 3.93. The lowest BCUT2D eigenvalue weighted by Gasteiger charge is -2.27. The summed E-state index contributed by atoms with van der Waals surface area (Å²) in [6, 6.07) is 20.9. The molecule has 1 N–H and O–H groups in total. The first-order valence-electron chi connectivity index (χ1n) is 9.63. The first kappa shape index (κ1) is 17.5. The minimum absolute atomic E-state index is 0.0455. The maximum atomic E-state index is 14.5. The van der Waals surface area contributed by atoms with Gasteiger partial charge in [0.25, 0.3) is 0 Å². The van der Waals surface area contributed by atoms with Gasteiger partial charge in [-0.3, -0.25) is 4.98 Å². The molecule has 0 amide bonds. The van der Waals surface area contributed by atoms with E-state index in [0.29, 0.717) is 24.5 Å². The molecule has 5 heteroatoms. The van der Waals surface area contributed by atoms with Crippen molar-refractivity contribution in [2.45, 2.75) is 18.9 Å². The molecule has 0 saturated heterocycles. The molecule has 2 aromatic heterocycles. The maximum absolute atomic E-state index is 14.5. The fraction of sp³-hybridized carbons (Fsp3) is 0.125. The lowest BCUT2D eigenvalue weighted by Crippen LogP contribution is -2.16. The van der Waals surface area contributed by atoms with Crippen LogP contribution < -0.4 is 5.32 Å². The van der Waals surface area contributed by atoms with Crippen molar-refractivity contribution in [3.63, 3.8) is 0 Å². The zero-order valence-electron chi connectivity index (χ0n) is 15.7. The Bertz CT molecular complexity index is 1160. The molecule has 1 aliphatic rings. The van der Waals surface area contributed by atoms with Crippen molar-refractivity contribution in [3.8, 4) is 11.3 Å². The van der Waals surface area contributed by atoms with Gasteiger partial charge in [-0.25, -0.2) is 14.4 Å². The second-order valence-corrected chi connectivity index (χ2v) is 7.11. The third-order valence-corrected chi connectivity index (χ3v) is 5.31. The Kier molecular flexibility index (Phi) is 4.48. The number of anilines is 1. The summed E-state index contributed by atoms with van der Waals surface area (Å²) >= 11 is 0. The van der Waals surface area contributed by atoms with Crippen molar-refractivity contribution >= 4 is 5.95 Å². The Labute approximate surface area is 168 Å². The Morgan fingerprint density at radius 1 is 0.897 bits per heavy atom. The minimum atomic E-state index is -0.176. The molecule has 1 atom stereocenters. The molecule has 0 bridgehead atoms. The summed E-state index contributed by atoms with van der Waals surface area (Å²) in [4.78, 5) is 13.6. The number of nitrogens with one attached hydrogen (secondary N) is 1. The first-order chi connectivity index (χ1) is 14.3. The minimum Gasteiger partial charge on any atom is -0.349 e. The van der Waals surface area contributed by atoms with Gasteiger partial charge in [-0.2, -0.15) is 0 Å². The van der Waals surface area contributed by atoms with E-state index < -0.39 is 0 Å². The van der Waals surface area contributed by atoms with Crippen LogP contribution in [-0.2, 0) is 13.0 Å². The first-order valence-corrected chi connectivity index (χ1v) is 9.63. The average molecular weight is 382 g/mol. The maximum Gasteiger partial charge on any atom is 0.223 e. The molecule has 5 rings (SSSR count). The van der Waals surface area contributed by atoms with Crippen LogP contribution in [0.25, 0.3) is 11.3 Å². The van der Waals surface area contributed by atoms with E-state index in [1.807, 2.05) is 48.7 Å². The summed E-state index contributed by atoms with van der Waals surface area (Å²) < 4.78 is 14.5. The van der Waals surface area contributed by atoms with Crippen LogP contribution in [0.15, 0.2) is 79.1 Å². The van der Waals surface area contributed by atoms with Gasteiger partial charge in [-0.1, -0.05) is 48.5 Å². The third kappa shape index (κ3) is 3.36. The van der Waals surface area contributed by atoms with Gasteiger partial charge in [-0.05, 0) is 41.3 Å². The van der Waals surface area contributed by atoms with Crippen molar-refractivity contribution in [1.82, 2.24) is 15.0 Å². The van der Waals surface area contributed by atoms with Gasteiger partial charge < -0.3 is 5.32 Å². The highest BCUT2D eigenvalue weighted by molar-refractivity contribution is 5.72. The predicted molar refractivity (Wildman–Crippen MR) is 111 cm³/mol. The van der Waals surface area contributed by atoms with E-state index in [2.05, 4.69) is 27.4 Å². The smallest absolute Gasteiger partial charge is 0.223 e. The normalized spacial score (nSPS) is 14.7. The summed E-state index contributed by atoms with van der Waals surface area (Å²) in [5.74, 6) is 0.342. The number of pyridine rings is 1. The van der Waals surface area contributed by atoms with Crippen LogP contribution in [0.4, 0.5) is 10.3 Å². The van der Waals surface area contributed by atoms with Crippen LogP contribution in [0.2, 0.25) is 0 Å². The molecule has 4 aromatic rings. The molecule has 0 saturated carbocycles. The number of benzene rings is 2. The van der Waals surface area contributed by atoms with Crippen LogP contribution in [0, 0.1) is 5.82 Å². The van der Waals surface area contributed by atoms with Crippen LogP contribution >= 0.6 is 0 Å². The van der Waals surface area contributed by atoms with Crippen LogP contribution in [0.5, 0.6) is 0 Å². The summed E-state index contributed by atoms with van der Waals surface area (Å²) in [7, 11) is 0. The molecule has 142 valence electrons. The highest BCUT2D eigenvalue weighted by Gasteiger charge is 2.28. The zero-order valence-corrected chi connectivity index (χ0v) is 15.7. The molecular weight excluding hydrogens is 363 g/mol. The van der Waals surface area contributed by atoms with Crippen molar-refractivity contribution < 1.29 is 4.39 Å². The van der Waals surface area contributed by atoms with Gasteiger partial charge in [0, 0.05) is 23.9 Å². The lowest BCUT2D eigenvalue weighted by molar-refractivity contribution is 0.593. The number of nitrogens with zero attached hydrogens (tertiary/aromatic N) is 3. The van der Waals surface area contributed by atoms with E-state index in [4.69, 9.17) is 4.98 Å². The second-order valence-electron chi connectivity index (χ2n) is 7.11. The van der Waals surface area contributed by atoms with E-state index >= 15 is 0 Å². The van der Waals surface area contributed by atoms with Crippen LogP contribution in [0.1, 0.15) is 28.3 Å². The van der Waals surface area contributed by atoms with Crippen molar-refractivity contribution in [1.29, 1.82) is 0 Å². The second kappa shape index (κ2) is 7.43. The average Bonchev–Trinajstić information content (AvgIpc) is 2.78. The monoisotopic (exact) mass is 382 g/mol. The van der Waals surface area contributed by atoms with Crippen molar-refractivity contribution in [3.05, 3.63) is 107 Å². The lowest BCUT2D eigenvalue weighted by atomic mass is 9.78. The number of rotatable bonds is 4. The quantitative estimate of drug-likeness (QED) is 0.541. The Balaban J connectivity index is 1.50. The summed E-state index contributed by atoms with van der Waals surface area (Å²) in [6.45, 7) is 0.555. The summed E-state index contributed by atoms with van der Waals surface area (Å²) in [5.41, 5.74) is 5.70. The van der Waals surface area contributed by atoms with Crippen LogP contribution in [0.3, 0.4) is 0 Å². The van der Waals surface area contributed by atoms with E-state index in [1.54, 1.807) is 12.3 Å². The number of hydrogen-bond donors (Lipinski definition) is 1. The topological polar surface area (TPSA) is 50.7 Å². The van der Waals surface area contributed by atoms with Gasteiger partial charge >= 0.3 is 0 Å². The number of halogens is 1. The molecule has 0 radical (unpaired) electrons. The molecule has 0 aliphatic heterocycles. The molecule has 1 aliphatic carbocycles. The molecule has 0 fully saturated rings. The Morgan fingerprint density at radius 2 is 1.69 bits per heavy atom. The Morgan fingerprint density at radius 3 is 2.52 bits per heavy atom. The standard InChI is InChI=1S/C24H19FN4/c25-22-11-4-3-9-19(22)21-13-16-14-27-24(28-15-17-7-5-6-12-26-17)29-23(16)20-10-2-1-8-18(20)21/h1-12,14,21H,13,15H2,(H,27,28,29). The van der Waals surface area contributed by atoms with Gasteiger partial charge in [0.2, 0.25) is 5.95 Å². The molecule has 29 heavy (non-hydrogen) atoms. The number of hydrogen-bond acceptors (Lipinski definition) is 4. The van der Waals surface area contributed by atoms with Crippen LogP contribution in [-0.4, -0.2) is 15.0 Å². The van der Waals surface area contributed by atoms with Gasteiger partial charge in [0.05, 0.1) is 17.9 Å². The van der Waals surface area contributed by atoms with E-state index in [0.717, 1.165) is 28.1 Å². The highest BCUT2D eigenvalue weighted by Crippen LogP contribution is 2.42. The SMILES string of the molecule is Fc1ccccc1C1Cc2cnc(NCc3ccccn3)nc2-c2ccccc21. The van der Waals surface area contributed by atoms with Crippen molar-refractivity contribution in [2.75, 3.05) is 5.32 Å². The predicted octanol–water partition coefficient (Wildman–Crippen LogP) is 4.98. The number of aromatic nitrogens is 3. The van der Waals surface area contributed by atoms with Gasteiger partial charge in [0.15, 0.2) is 0 Å². The summed E-state index contributed by atoms with van der Waals surface area (Å²) in [6.07, 6.45) is 4.30.